The van der Waals surface area contributed by atoms with Crippen LogP contribution in [0.2, 0.25) is 0 Å². The van der Waals surface area contributed by atoms with Crippen LogP contribution in [0.15, 0.2) is 0 Å². The Balaban J connectivity index is 2.51. The van der Waals surface area contributed by atoms with E-state index in [1.54, 1.807) is 0 Å². The van der Waals surface area contributed by atoms with E-state index in [9.17, 15) is 4.79 Å². The minimum atomic E-state index is -0.207. The molecule has 2 atom stereocenters. The average molecular weight is 257 g/mol. The summed E-state index contributed by atoms with van der Waals surface area (Å²) in [6.45, 7) is 8.87. The third-order valence-electron chi connectivity index (χ3n) is 3.71. The molecule has 1 rings (SSSR count). The molecule has 0 aromatic carbocycles. The van der Waals surface area contributed by atoms with Gasteiger partial charge in [0.1, 0.15) is 6.04 Å². The van der Waals surface area contributed by atoms with Crippen LogP contribution in [0.3, 0.4) is 0 Å². The number of rotatable bonds is 6. The minimum Gasteiger partial charge on any atom is -0.468 e. The van der Waals surface area contributed by atoms with E-state index in [1.165, 1.54) is 7.11 Å². The lowest BCUT2D eigenvalue weighted by molar-refractivity contribution is -0.143. The number of nitrogens with zero attached hydrogens (tertiary/aromatic N) is 2. The van der Waals surface area contributed by atoms with Gasteiger partial charge in [0.15, 0.2) is 0 Å². The zero-order chi connectivity index (χ0) is 13.5. The maximum atomic E-state index is 11.7. The smallest absolute Gasteiger partial charge is 0.324 e. The van der Waals surface area contributed by atoms with E-state index >= 15 is 0 Å². The van der Waals surface area contributed by atoms with Gasteiger partial charge in [0.25, 0.3) is 0 Å². The SMILES string of the molecule is CCNC(CN1CCN(C)C(CC)C1)C(=O)OC. The number of methoxy groups -OCH3 is 1. The second-order valence-corrected chi connectivity index (χ2v) is 4.94. The molecule has 0 saturated carbocycles. The molecule has 1 aliphatic heterocycles. The van der Waals surface area contributed by atoms with Crippen molar-refractivity contribution in [2.45, 2.75) is 32.4 Å². The Hall–Kier alpha value is -0.650. The first-order chi connectivity index (χ1) is 8.62. The summed E-state index contributed by atoms with van der Waals surface area (Å²) in [6.07, 6.45) is 1.15. The van der Waals surface area contributed by atoms with Crippen LogP contribution in [-0.4, -0.2) is 74.7 Å². The van der Waals surface area contributed by atoms with Crippen LogP contribution >= 0.6 is 0 Å². The Morgan fingerprint density at radius 3 is 2.72 bits per heavy atom. The van der Waals surface area contributed by atoms with Crippen molar-refractivity contribution < 1.29 is 9.53 Å². The lowest BCUT2D eigenvalue weighted by atomic mass is 10.1. The number of ether oxygens (including phenoxy) is 1. The number of nitrogens with one attached hydrogen (secondary N) is 1. The van der Waals surface area contributed by atoms with Crippen LogP contribution in [-0.2, 0) is 9.53 Å². The Kier molecular flexibility index (Phi) is 6.60. The van der Waals surface area contributed by atoms with Crippen LogP contribution in [0.5, 0.6) is 0 Å². The van der Waals surface area contributed by atoms with Crippen molar-refractivity contribution in [3.8, 4) is 0 Å². The van der Waals surface area contributed by atoms with Gasteiger partial charge in [0, 0.05) is 32.2 Å². The van der Waals surface area contributed by atoms with Gasteiger partial charge in [-0.1, -0.05) is 13.8 Å². The van der Waals surface area contributed by atoms with Crippen molar-refractivity contribution in [3.05, 3.63) is 0 Å². The average Bonchev–Trinajstić information content (AvgIpc) is 2.39. The fraction of sp³-hybridized carbons (Fsp3) is 0.923. The fourth-order valence-corrected chi connectivity index (χ4v) is 2.49. The lowest BCUT2D eigenvalue weighted by Crippen LogP contribution is -2.55. The normalized spacial score (nSPS) is 23.9. The molecular weight excluding hydrogens is 230 g/mol. The second kappa shape index (κ2) is 7.71. The molecule has 18 heavy (non-hydrogen) atoms. The maximum absolute atomic E-state index is 11.7. The third-order valence-corrected chi connectivity index (χ3v) is 3.71. The van der Waals surface area contributed by atoms with Gasteiger partial charge in [-0.05, 0) is 20.0 Å². The molecule has 2 unspecified atom stereocenters. The molecule has 0 spiro atoms. The molecule has 0 radical (unpaired) electrons. The Morgan fingerprint density at radius 1 is 1.44 bits per heavy atom. The fourth-order valence-electron chi connectivity index (χ4n) is 2.49. The standard InChI is InChI=1S/C13H27N3O2/c1-5-11-9-16(8-7-15(11)3)10-12(14-6-2)13(17)18-4/h11-12,14H,5-10H2,1-4H3. The van der Waals surface area contributed by atoms with Crippen LogP contribution in [0.25, 0.3) is 0 Å². The molecule has 1 N–H and O–H groups in total. The molecule has 0 aliphatic carbocycles. The molecule has 0 aromatic rings. The summed E-state index contributed by atoms with van der Waals surface area (Å²) in [5, 5.41) is 3.19. The number of carbonyl (C=O) groups is 1. The summed E-state index contributed by atoms with van der Waals surface area (Å²) in [5.41, 5.74) is 0. The first-order valence-electron chi connectivity index (χ1n) is 6.86. The highest BCUT2D eigenvalue weighted by molar-refractivity contribution is 5.75. The van der Waals surface area contributed by atoms with E-state index in [1.807, 2.05) is 6.92 Å². The van der Waals surface area contributed by atoms with Gasteiger partial charge in [0.2, 0.25) is 0 Å². The van der Waals surface area contributed by atoms with Crippen molar-refractivity contribution >= 4 is 5.97 Å². The molecule has 1 saturated heterocycles. The van der Waals surface area contributed by atoms with Crippen molar-refractivity contribution in [1.82, 2.24) is 15.1 Å². The van der Waals surface area contributed by atoms with E-state index < -0.39 is 0 Å². The number of carbonyl (C=O) groups excluding carboxylic acids is 1. The molecule has 0 aromatic heterocycles. The van der Waals surface area contributed by atoms with Crippen molar-refractivity contribution in [2.24, 2.45) is 0 Å². The molecule has 5 heteroatoms. The van der Waals surface area contributed by atoms with E-state index in [-0.39, 0.29) is 12.0 Å². The number of hydrogen-bond donors (Lipinski definition) is 1. The summed E-state index contributed by atoms with van der Waals surface area (Å²) in [6, 6.07) is 0.389. The molecular formula is C13H27N3O2. The van der Waals surface area contributed by atoms with Crippen molar-refractivity contribution in [1.29, 1.82) is 0 Å². The van der Waals surface area contributed by atoms with Crippen LogP contribution < -0.4 is 5.32 Å². The molecule has 5 nitrogen and oxygen atoms in total. The maximum Gasteiger partial charge on any atom is 0.324 e. The van der Waals surface area contributed by atoms with Gasteiger partial charge in [-0.25, -0.2) is 0 Å². The van der Waals surface area contributed by atoms with Gasteiger partial charge in [-0.2, -0.15) is 0 Å². The van der Waals surface area contributed by atoms with Crippen molar-refractivity contribution in [3.63, 3.8) is 0 Å². The number of hydrogen-bond acceptors (Lipinski definition) is 5. The highest BCUT2D eigenvalue weighted by Crippen LogP contribution is 2.11. The summed E-state index contributed by atoms with van der Waals surface area (Å²) in [5.74, 6) is -0.163. The monoisotopic (exact) mass is 257 g/mol. The van der Waals surface area contributed by atoms with Crippen LogP contribution in [0.4, 0.5) is 0 Å². The first kappa shape index (κ1) is 15.4. The molecule has 0 bridgehead atoms. The molecule has 1 aliphatic rings. The van der Waals surface area contributed by atoms with Gasteiger partial charge in [0.05, 0.1) is 7.11 Å². The Bertz CT molecular complexity index is 261. The zero-order valence-electron chi connectivity index (χ0n) is 12.1. The van der Waals surface area contributed by atoms with Gasteiger partial charge < -0.3 is 15.0 Å². The first-order valence-corrected chi connectivity index (χ1v) is 6.86. The predicted octanol–water partition coefficient (Wildman–Crippen LogP) is 0.164. The highest BCUT2D eigenvalue weighted by atomic mass is 16.5. The highest BCUT2D eigenvalue weighted by Gasteiger charge is 2.27. The van der Waals surface area contributed by atoms with E-state index in [4.69, 9.17) is 4.74 Å². The minimum absolute atomic E-state index is 0.163. The van der Waals surface area contributed by atoms with E-state index in [0.717, 1.165) is 39.1 Å². The van der Waals surface area contributed by atoms with Gasteiger partial charge in [-0.3, -0.25) is 9.69 Å². The number of esters is 1. The van der Waals surface area contributed by atoms with Crippen LogP contribution in [0.1, 0.15) is 20.3 Å². The van der Waals surface area contributed by atoms with E-state index in [0.29, 0.717) is 6.04 Å². The third kappa shape index (κ3) is 4.23. The summed E-state index contributed by atoms with van der Waals surface area (Å²) in [7, 11) is 3.62. The topological polar surface area (TPSA) is 44.8 Å². The number of piperazine rings is 1. The molecule has 1 fully saturated rings. The van der Waals surface area contributed by atoms with E-state index in [2.05, 4.69) is 29.1 Å². The summed E-state index contributed by atoms with van der Waals surface area (Å²) in [4.78, 5) is 16.4. The summed E-state index contributed by atoms with van der Waals surface area (Å²) >= 11 is 0. The predicted molar refractivity (Wildman–Crippen MR) is 72.6 cm³/mol. The number of likely N-dealkylation sites (N-methyl/N-ethyl adjacent to an activating group) is 2. The largest absolute Gasteiger partial charge is 0.468 e. The van der Waals surface area contributed by atoms with Gasteiger partial charge in [-0.15, -0.1) is 0 Å². The Labute approximate surface area is 110 Å². The quantitative estimate of drug-likeness (QED) is 0.687. The Morgan fingerprint density at radius 2 is 2.17 bits per heavy atom. The molecule has 1 heterocycles. The molecule has 0 amide bonds. The van der Waals surface area contributed by atoms with Crippen molar-refractivity contribution in [2.75, 3.05) is 46.9 Å². The lowest BCUT2D eigenvalue weighted by Gasteiger charge is -2.40. The second-order valence-electron chi connectivity index (χ2n) is 4.94. The van der Waals surface area contributed by atoms with Crippen LogP contribution in [0, 0.1) is 0 Å². The zero-order valence-corrected chi connectivity index (χ0v) is 12.1. The molecule has 106 valence electrons. The summed E-state index contributed by atoms with van der Waals surface area (Å²) < 4.78 is 4.84. The van der Waals surface area contributed by atoms with Gasteiger partial charge >= 0.3 is 5.97 Å².